The van der Waals surface area contributed by atoms with Crippen molar-refractivity contribution in [2.24, 2.45) is 11.7 Å². The highest BCUT2D eigenvalue weighted by Crippen LogP contribution is 2.34. The van der Waals surface area contributed by atoms with Crippen LogP contribution >= 0.6 is 17.0 Å². The van der Waals surface area contributed by atoms with E-state index in [2.05, 4.69) is 38.2 Å². The van der Waals surface area contributed by atoms with Crippen LogP contribution in [0, 0.1) is 5.92 Å². The molecule has 0 aliphatic heterocycles. The summed E-state index contributed by atoms with van der Waals surface area (Å²) in [6.07, 6.45) is 40.9. The second kappa shape index (κ2) is 34.9. The number of rotatable bonds is 35. The molecule has 0 fully saturated rings. The van der Waals surface area contributed by atoms with E-state index in [9.17, 15) is 14.7 Å². The number of nitrogens with two attached hydrogens (primary N) is 1. The third kappa shape index (κ3) is 29.4. The molecular weight excluding hydrogens is 690 g/mol. The van der Waals surface area contributed by atoms with Gasteiger partial charge in [-0.15, -0.1) is 17.0 Å². The average molecular weight is 773 g/mol. The molecule has 0 radical (unpaired) electrons. The van der Waals surface area contributed by atoms with Crippen LogP contribution in [0.4, 0.5) is 0 Å². The largest absolute Gasteiger partial charge is 0.422 e. The van der Waals surface area contributed by atoms with Crippen LogP contribution in [0.1, 0.15) is 221 Å². The first-order chi connectivity index (χ1) is 23.6. The Hall–Kier alpha value is -1.18. The zero-order valence-electron chi connectivity index (χ0n) is 33.5. The maximum atomic E-state index is 12.9. The van der Waals surface area contributed by atoms with Crippen LogP contribution in [0.5, 0.6) is 0 Å². The van der Waals surface area contributed by atoms with Gasteiger partial charge in [0.25, 0.3) is 5.79 Å². The highest BCUT2D eigenvalue weighted by molar-refractivity contribution is 8.93. The minimum absolute atomic E-state index is 0. The Morgan fingerprint density at radius 3 is 1.12 bits per heavy atom. The lowest BCUT2D eigenvalue weighted by Crippen LogP contribution is -2.57. The van der Waals surface area contributed by atoms with E-state index in [0.29, 0.717) is 0 Å². The summed E-state index contributed by atoms with van der Waals surface area (Å²) >= 11 is 0. The van der Waals surface area contributed by atoms with E-state index >= 15 is 0 Å². The third-order valence-corrected chi connectivity index (χ3v) is 9.89. The minimum Gasteiger partial charge on any atom is -0.422 e. The molecule has 0 aliphatic rings. The van der Waals surface area contributed by atoms with Crippen LogP contribution < -0.4 is 5.73 Å². The van der Waals surface area contributed by atoms with Crippen molar-refractivity contribution in [2.45, 2.75) is 232 Å². The van der Waals surface area contributed by atoms with Gasteiger partial charge in [0.05, 0.1) is 5.92 Å². The monoisotopic (exact) mass is 772 g/mol. The van der Waals surface area contributed by atoms with Gasteiger partial charge in [-0.1, -0.05) is 155 Å². The first kappa shape index (κ1) is 50.9. The van der Waals surface area contributed by atoms with Crippen molar-refractivity contribution >= 4 is 28.9 Å². The summed E-state index contributed by atoms with van der Waals surface area (Å²) in [5.74, 6) is -3.20. The van der Waals surface area contributed by atoms with E-state index in [1.807, 2.05) is 0 Å². The van der Waals surface area contributed by atoms with Gasteiger partial charge in [0.1, 0.15) is 5.72 Å². The number of hydrogen-bond acceptors (Lipinski definition) is 6. The number of carbonyl (C=O) groups is 2. The van der Waals surface area contributed by atoms with E-state index in [1.54, 1.807) is 13.8 Å². The molecule has 0 rings (SSSR count). The fraction of sp³-hybridized carbons (Fsp3) is 0.860. The van der Waals surface area contributed by atoms with E-state index in [0.717, 1.165) is 64.2 Å². The maximum absolute atomic E-state index is 12.9. The Morgan fingerprint density at radius 2 is 0.840 bits per heavy atom. The fourth-order valence-corrected chi connectivity index (χ4v) is 6.26. The lowest BCUT2D eigenvalue weighted by molar-refractivity contribution is -0.267. The highest BCUT2D eigenvalue weighted by Gasteiger charge is 2.49. The lowest BCUT2D eigenvalue weighted by Gasteiger charge is -2.41. The zero-order valence-corrected chi connectivity index (χ0v) is 35.2. The van der Waals surface area contributed by atoms with Crippen molar-refractivity contribution in [3.8, 4) is 0 Å². The number of halogens is 1. The molecule has 296 valence electrons. The Morgan fingerprint density at radius 1 is 0.560 bits per heavy atom. The molecule has 0 heterocycles. The molecule has 0 aromatic heterocycles. The molecule has 3 N–H and O–H groups in total. The van der Waals surface area contributed by atoms with Gasteiger partial charge in [-0.25, -0.2) is 0 Å². The number of aliphatic hydroxyl groups is 1. The number of esters is 2. The minimum atomic E-state index is -1.68. The molecule has 50 heavy (non-hydrogen) atoms. The predicted molar refractivity (Wildman–Crippen MR) is 218 cm³/mol. The lowest BCUT2D eigenvalue weighted by atomic mass is 9.88. The molecule has 0 saturated heterocycles. The highest BCUT2D eigenvalue weighted by atomic mass is 79.9. The molecule has 0 aromatic carbocycles. The molecule has 0 aromatic rings. The summed E-state index contributed by atoms with van der Waals surface area (Å²) in [4.78, 5) is 25.8. The molecule has 0 saturated carbocycles. The average Bonchev–Trinajstić information content (AvgIpc) is 3.07. The van der Waals surface area contributed by atoms with E-state index in [1.165, 1.54) is 110 Å². The van der Waals surface area contributed by atoms with Gasteiger partial charge in [-0.05, 0) is 71.1 Å². The summed E-state index contributed by atoms with van der Waals surface area (Å²) in [7, 11) is 0. The molecule has 0 aliphatic carbocycles. The summed E-state index contributed by atoms with van der Waals surface area (Å²) in [6.45, 7) is 9.44. The molecule has 2 unspecified atom stereocenters. The first-order valence-electron chi connectivity index (χ1n) is 20.9. The second-order valence-electron chi connectivity index (χ2n) is 14.7. The number of allylic oxidation sites excluding steroid dienone is 4. The molecule has 7 heteroatoms. The van der Waals surface area contributed by atoms with Crippen molar-refractivity contribution in [1.82, 2.24) is 0 Å². The smallest absolute Gasteiger partial charge is 0.309 e. The summed E-state index contributed by atoms with van der Waals surface area (Å²) in [6, 6.07) is 0. The number of hydrogen-bond donors (Lipinski definition) is 2. The third-order valence-electron chi connectivity index (χ3n) is 9.89. The van der Waals surface area contributed by atoms with Crippen molar-refractivity contribution in [2.75, 3.05) is 0 Å². The Bertz CT molecular complexity index is 784. The second-order valence-corrected chi connectivity index (χ2v) is 14.7. The van der Waals surface area contributed by atoms with Gasteiger partial charge in [0.15, 0.2) is 0 Å². The molecule has 2 atom stereocenters. The quantitative estimate of drug-likeness (QED) is 0.0288. The van der Waals surface area contributed by atoms with Gasteiger partial charge < -0.3 is 20.3 Å². The van der Waals surface area contributed by atoms with Gasteiger partial charge in [0.2, 0.25) is 0 Å². The summed E-state index contributed by atoms with van der Waals surface area (Å²) in [5, 5.41) is 10.6. The van der Waals surface area contributed by atoms with Crippen LogP contribution in [0.3, 0.4) is 0 Å². The van der Waals surface area contributed by atoms with Crippen LogP contribution in [0.25, 0.3) is 0 Å². The SMILES string of the molecule is Br.CCCCCCCCC=CCCCCCCCC(=O)OC(CC)(OC(=O)CCCCCCCC=CCCCCCCCC)C(C)C(C)(N)O. The molecule has 0 spiro atoms. The van der Waals surface area contributed by atoms with Crippen LogP contribution in [0.15, 0.2) is 24.3 Å². The van der Waals surface area contributed by atoms with Gasteiger partial charge in [-0.2, -0.15) is 0 Å². The number of unbranched alkanes of at least 4 members (excludes halogenated alkanes) is 22. The van der Waals surface area contributed by atoms with E-state index < -0.39 is 29.4 Å². The molecule has 6 nitrogen and oxygen atoms in total. The van der Waals surface area contributed by atoms with Gasteiger partial charge >= 0.3 is 11.9 Å². The van der Waals surface area contributed by atoms with Gasteiger partial charge in [0, 0.05) is 19.3 Å². The van der Waals surface area contributed by atoms with Gasteiger partial charge in [-0.3, -0.25) is 9.59 Å². The zero-order chi connectivity index (χ0) is 36.5. The number of ether oxygens (including phenoxy) is 2. The predicted octanol–water partition coefficient (Wildman–Crippen LogP) is 13.1. The number of carbonyl (C=O) groups excluding carboxylic acids is 2. The van der Waals surface area contributed by atoms with Crippen molar-refractivity contribution in [3.63, 3.8) is 0 Å². The topological polar surface area (TPSA) is 98.9 Å². The van der Waals surface area contributed by atoms with Crippen molar-refractivity contribution in [1.29, 1.82) is 0 Å². The molecule has 0 amide bonds. The molecule has 0 bridgehead atoms. The van der Waals surface area contributed by atoms with Crippen LogP contribution in [0.2, 0.25) is 0 Å². The molecular formula is C43H82BrNO5. The van der Waals surface area contributed by atoms with Crippen LogP contribution in [-0.2, 0) is 19.1 Å². The summed E-state index contributed by atoms with van der Waals surface area (Å²) < 4.78 is 11.7. The van der Waals surface area contributed by atoms with Crippen molar-refractivity contribution in [3.05, 3.63) is 24.3 Å². The van der Waals surface area contributed by atoms with Crippen molar-refractivity contribution < 1.29 is 24.2 Å². The fourth-order valence-electron chi connectivity index (χ4n) is 6.26. The summed E-state index contributed by atoms with van der Waals surface area (Å²) in [5.41, 5.74) is 4.35. The standard InChI is InChI=1S/C43H81NO5.BrH/c1-6-9-11-13-15-17-19-21-23-25-27-29-31-33-35-37-40(45)48-43(8-3,39(4)42(5,44)47)49-41(46)38-36-34-32-30-28-26-24-22-20-18-16-14-12-10-7-2;/h21-24,39,47H,6-20,25-38,44H2,1-5H3;1H. The van der Waals surface area contributed by atoms with E-state index in [-0.39, 0.29) is 36.2 Å². The Balaban J connectivity index is 0. The Labute approximate surface area is 320 Å². The maximum Gasteiger partial charge on any atom is 0.309 e. The first-order valence-corrected chi connectivity index (χ1v) is 20.9. The van der Waals surface area contributed by atoms with E-state index in [4.69, 9.17) is 15.2 Å². The van der Waals surface area contributed by atoms with Crippen LogP contribution in [-0.4, -0.2) is 28.6 Å². The Kier molecular flexibility index (Phi) is 35.5. The normalized spacial score (nSPS) is 14.7.